The van der Waals surface area contributed by atoms with E-state index in [9.17, 15) is 18.4 Å². The SMILES string of the molecule is O=C(CCCNC(=O)NC1CCCCC1)Nc1ccc(OC(F)F)c(Cl)c1. The quantitative estimate of drug-likeness (QED) is 0.566. The van der Waals surface area contributed by atoms with Crippen LogP contribution in [0.25, 0.3) is 0 Å². The summed E-state index contributed by atoms with van der Waals surface area (Å²) in [5, 5.41) is 8.29. The Labute approximate surface area is 162 Å². The predicted molar refractivity (Wildman–Crippen MR) is 99.4 cm³/mol. The van der Waals surface area contributed by atoms with E-state index in [-0.39, 0.29) is 35.2 Å². The third kappa shape index (κ3) is 7.99. The number of urea groups is 1. The number of nitrogens with one attached hydrogen (secondary N) is 3. The molecule has 1 fully saturated rings. The zero-order chi connectivity index (χ0) is 19.6. The number of ether oxygens (including phenoxy) is 1. The number of amides is 3. The van der Waals surface area contributed by atoms with Crippen molar-refractivity contribution in [2.24, 2.45) is 0 Å². The fraction of sp³-hybridized carbons (Fsp3) is 0.556. The molecule has 1 saturated carbocycles. The van der Waals surface area contributed by atoms with Gasteiger partial charge in [-0.2, -0.15) is 8.78 Å². The largest absolute Gasteiger partial charge is 0.433 e. The standard InChI is InChI=1S/C18H24ClF2N3O3/c19-14-11-13(8-9-15(14)27-17(20)21)23-16(25)7-4-10-22-18(26)24-12-5-2-1-3-6-12/h8-9,11-12,17H,1-7,10H2,(H,23,25)(H2,22,24,26). The first-order valence-electron chi connectivity index (χ1n) is 9.02. The summed E-state index contributed by atoms with van der Waals surface area (Å²) in [4.78, 5) is 23.7. The van der Waals surface area contributed by atoms with E-state index < -0.39 is 6.61 Å². The maximum atomic E-state index is 12.2. The maximum absolute atomic E-state index is 12.2. The van der Waals surface area contributed by atoms with Crippen molar-refractivity contribution in [2.75, 3.05) is 11.9 Å². The molecule has 6 nitrogen and oxygen atoms in total. The topological polar surface area (TPSA) is 79.5 Å². The van der Waals surface area contributed by atoms with Crippen LogP contribution in [0, 0.1) is 0 Å². The molecular weight excluding hydrogens is 380 g/mol. The van der Waals surface area contributed by atoms with Gasteiger partial charge in [0.05, 0.1) is 5.02 Å². The van der Waals surface area contributed by atoms with Crippen LogP contribution < -0.4 is 20.7 Å². The minimum Gasteiger partial charge on any atom is -0.433 e. The number of hydrogen-bond acceptors (Lipinski definition) is 3. The van der Waals surface area contributed by atoms with Gasteiger partial charge in [0.15, 0.2) is 0 Å². The van der Waals surface area contributed by atoms with Crippen LogP contribution in [0.2, 0.25) is 5.02 Å². The van der Waals surface area contributed by atoms with E-state index >= 15 is 0 Å². The van der Waals surface area contributed by atoms with Crippen LogP contribution in [0.3, 0.4) is 0 Å². The Balaban J connectivity index is 1.64. The molecule has 0 atom stereocenters. The number of halogens is 3. The summed E-state index contributed by atoms with van der Waals surface area (Å²) in [7, 11) is 0. The molecule has 9 heteroatoms. The Morgan fingerprint density at radius 1 is 1.22 bits per heavy atom. The van der Waals surface area contributed by atoms with E-state index in [4.69, 9.17) is 11.6 Å². The number of anilines is 1. The van der Waals surface area contributed by atoms with Gasteiger partial charge in [-0.3, -0.25) is 4.79 Å². The van der Waals surface area contributed by atoms with E-state index in [1.807, 2.05) is 0 Å². The normalized spacial score (nSPS) is 14.7. The highest BCUT2D eigenvalue weighted by Gasteiger charge is 2.15. The Kier molecular flexibility index (Phi) is 8.57. The van der Waals surface area contributed by atoms with Gasteiger partial charge in [-0.05, 0) is 37.5 Å². The monoisotopic (exact) mass is 403 g/mol. The first kappa shape index (κ1) is 21.2. The molecule has 0 bridgehead atoms. The molecule has 0 heterocycles. The summed E-state index contributed by atoms with van der Waals surface area (Å²) in [5.41, 5.74) is 0.384. The fourth-order valence-corrected chi connectivity index (χ4v) is 3.15. The van der Waals surface area contributed by atoms with Gasteiger partial charge < -0.3 is 20.7 Å². The van der Waals surface area contributed by atoms with E-state index in [0.29, 0.717) is 18.7 Å². The zero-order valence-electron chi connectivity index (χ0n) is 14.9. The Morgan fingerprint density at radius 2 is 1.96 bits per heavy atom. The maximum Gasteiger partial charge on any atom is 0.387 e. The van der Waals surface area contributed by atoms with Crippen molar-refractivity contribution < 1.29 is 23.1 Å². The van der Waals surface area contributed by atoms with Crippen molar-refractivity contribution in [1.29, 1.82) is 0 Å². The number of hydrogen-bond donors (Lipinski definition) is 3. The molecule has 2 rings (SSSR count). The second kappa shape index (κ2) is 10.9. The number of carbonyl (C=O) groups excluding carboxylic acids is 2. The highest BCUT2D eigenvalue weighted by atomic mass is 35.5. The minimum atomic E-state index is -2.97. The Morgan fingerprint density at radius 3 is 2.63 bits per heavy atom. The van der Waals surface area contributed by atoms with Gasteiger partial charge in [-0.15, -0.1) is 0 Å². The summed E-state index contributed by atoms with van der Waals surface area (Å²) < 4.78 is 28.6. The van der Waals surface area contributed by atoms with Crippen LogP contribution in [0.5, 0.6) is 5.75 Å². The molecule has 150 valence electrons. The number of benzene rings is 1. The number of alkyl halides is 2. The highest BCUT2D eigenvalue weighted by molar-refractivity contribution is 6.32. The van der Waals surface area contributed by atoms with Crippen LogP contribution in [0.1, 0.15) is 44.9 Å². The van der Waals surface area contributed by atoms with Crippen molar-refractivity contribution in [3.05, 3.63) is 23.2 Å². The molecule has 27 heavy (non-hydrogen) atoms. The van der Waals surface area contributed by atoms with E-state index in [2.05, 4.69) is 20.7 Å². The molecule has 0 radical (unpaired) electrons. The van der Waals surface area contributed by atoms with Crippen LogP contribution >= 0.6 is 11.6 Å². The predicted octanol–water partition coefficient (Wildman–Crippen LogP) is 4.29. The summed E-state index contributed by atoms with van der Waals surface area (Å²) in [6.07, 6.45) is 6.22. The Hall–Kier alpha value is -2.09. The highest BCUT2D eigenvalue weighted by Crippen LogP contribution is 2.29. The lowest BCUT2D eigenvalue weighted by Gasteiger charge is -2.22. The molecule has 0 unspecified atom stereocenters. The van der Waals surface area contributed by atoms with Gasteiger partial charge >= 0.3 is 12.6 Å². The molecule has 0 aromatic heterocycles. The van der Waals surface area contributed by atoms with Crippen LogP contribution in [-0.4, -0.2) is 31.1 Å². The minimum absolute atomic E-state index is 0.0193. The van der Waals surface area contributed by atoms with Crippen molar-refractivity contribution in [2.45, 2.75) is 57.6 Å². The molecule has 3 amide bonds. The van der Waals surface area contributed by atoms with Crippen molar-refractivity contribution >= 4 is 29.2 Å². The van der Waals surface area contributed by atoms with Crippen LogP contribution in [0.15, 0.2) is 18.2 Å². The van der Waals surface area contributed by atoms with Crippen molar-refractivity contribution in [1.82, 2.24) is 10.6 Å². The zero-order valence-corrected chi connectivity index (χ0v) is 15.7. The molecule has 1 aromatic carbocycles. The van der Waals surface area contributed by atoms with Gasteiger partial charge in [0, 0.05) is 24.7 Å². The fourth-order valence-electron chi connectivity index (χ4n) is 2.93. The summed E-state index contributed by atoms with van der Waals surface area (Å²) in [6.45, 7) is -2.58. The third-order valence-corrected chi connectivity index (χ3v) is 4.53. The second-order valence-corrected chi connectivity index (χ2v) is 6.82. The number of carbonyl (C=O) groups is 2. The lowest BCUT2D eigenvalue weighted by atomic mass is 9.96. The number of rotatable bonds is 8. The smallest absolute Gasteiger partial charge is 0.387 e. The molecule has 0 spiro atoms. The van der Waals surface area contributed by atoms with Gasteiger partial charge in [-0.1, -0.05) is 30.9 Å². The van der Waals surface area contributed by atoms with Crippen LogP contribution in [0.4, 0.5) is 19.3 Å². The first-order valence-corrected chi connectivity index (χ1v) is 9.40. The molecular formula is C18H24ClF2N3O3. The Bertz CT molecular complexity index is 640. The molecule has 3 N–H and O–H groups in total. The van der Waals surface area contributed by atoms with Crippen LogP contribution in [-0.2, 0) is 4.79 Å². The average Bonchev–Trinajstić information content (AvgIpc) is 2.62. The average molecular weight is 404 g/mol. The summed E-state index contributed by atoms with van der Waals surface area (Å²) >= 11 is 5.83. The first-order chi connectivity index (χ1) is 12.9. The van der Waals surface area contributed by atoms with Crippen molar-refractivity contribution in [3.8, 4) is 5.75 Å². The molecule has 1 aromatic rings. The van der Waals surface area contributed by atoms with Crippen molar-refractivity contribution in [3.63, 3.8) is 0 Å². The second-order valence-electron chi connectivity index (χ2n) is 6.41. The third-order valence-electron chi connectivity index (χ3n) is 4.24. The molecule has 0 saturated heterocycles. The molecule has 1 aliphatic carbocycles. The van der Waals surface area contributed by atoms with Gasteiger partial charge in [-0.25, -0.2) is 4.79 Å². The van der Waals surface area contributed by atoms with E-state index in [1.165, 1.54) is 24.6 Å². The summed E-state index contributed by atoms with van der Waals surface area (Å²) in [6, 6.07) is 4.07. The molecule has 1 aliphatic rings. The lowest BCUT2D eigenvalue weighted by Crippen LogP contribution is -2.43. The lowest BCUT2D eigenvalue weighted by molar-refractivity contribution is -0.116. The van der Waals surface area contributed by atoms with E-state index in [0.717, 1.165) is 25.7 Å². The van der Waals surface area contributed by atoms with Gasteiger partial charge in [0.25, 0.3) is 0 Å². The molecule has 0 aliphatic heterocycles. The van der Waals surface area contributed by atoms with E-state index in [1.54, 1.807) is 0 Å². The summed E-state index contributed by atoms with van der Waals surface area (Å²) in [5.74, 6) is -0.416. The van der Waals surface area contributed by atoms with Gasteiger partial charge in [0.1, 0.15) is 5.75 Å². The van der Waals surface area contributed by atoms with Gasteiger partial charge in [0.2, 0.25) is 5.91 Å².